The predicted octanol–water partition coefficient (Wildman–Crippen LogP) is 2.62. The Morgan fingerprint density at radius 2 is 1.82 bits per heavy atom. The summed E-state index contributed by atoms with van der Waals surface area (Å²) < 4.78 is 0. The molecule has 0 spiro atoms. The van der Waals surface area contributed by atoms with Crippen molar-refractivity contribution in [1.82, 2.24) is 24.8 Å². The van der Waals surface area contributed by atoms with Gasteiger partial charge in [0.1, 0.15) is 5.52 Å². The molecule has 10 heteroatoms. The summed E-state index contributed by atoms with van der Waals surface area (Å²) in [6.07, 6.45) is 3.76. The summed E-state index contributed by atoms with van der Waals surface area (Å²) in [6.45, 7) is 5.98. The minimum absolute atomic E-state index is 0.101. The van der Waals surface area contributed by atoms with Crippen LogP contribution in [0.2, 0.25) is 0 Å². The molecule has 3 aromatic heterocycles. The largest absolute Gasteiger partial charge is 0.481 e. The topological polar surface area (TPSA) is 135 Å². The number of amides is 1. The summed E-state index contributed by atoms with van der Waals surface area (Å²) in [4.78, 5) is 52.1. The number of hydrogen-bond donors (Lipinski definition) is 3. The molecule has 1 aliphatic rings. The fourth-order valence-electron chi connectivity index (χ4n) is 3.88. The fourth-order valence-corrected chi connectivity index (χ4v) is 3.88. The van der Waals surface area contributed by atoms with E-state index in [9.17, 15) is 14.4 Å². The van der Waals surface area contributed by atoms with Crippen molar-refractivity contribution in [2.45, 2.75) is 20.3 Å². The minimum atomic E-state index is -0.745. The van der Waals surface area contributed by atoms with Crippen molar-refractivity contribution < 1.29 is 14.7 Å². The van der Waals surface area contributed by atoms with E-state index < -0.39 is 5.97 Å². The third-order valence-corrected chi connectivity index (χ3v) is 5.78. The maximum Gasteiger partial charge on any atom is 0.303 e. The summed E-state index contributed by atoms with van der Waals surface area (Å²) >= 11 is 0. The Morgan fingerprint density at radius 3 is 2.50 bits per heavy atom. The molecule has 0 bridgehead atoms. The number of H-pyrrole nitrogens is 2. The highest BCUT2D eigenvalue weighted by atomic mass is 16.4. The number of carboxylic acid groups (broad SMARTS) is 1. The highest BCUT2D eigenvalue weighted by Crippen LogP contribution is 2.27. The number of nitrogens with one attached hydrogen (secondary N) is 2. The lowest BCUT2D eigenvalue weighted by molar-refractivity contribution is -0.136. The van der Waals surface area contributed by atoms with Crippen LogP contribution in [0.5, 0.6) is 0 Å². The van der Waals surface area contributed by atoms with Gasteiger partial charge in [-0.25, -0.2) is 9.97 Å². The molecule has 1 aromatic carbocycles. The van der Waals surface area contributed by atoms with Crippen molar-refractivity contribution >= 4 is 39.6 Å². The first-order valence-electron chi connectivity index (χ1n) is 11.1. The first-order valence-corrected chi connectivity index (χ1v) is 11.1. The third kappa shape index (κ3) is 4.75. The van der Waals surface area contributed by atoms with E-state index in [0.29, 0.717) is 37.6 Å². The number of benzene rings is 1. The predicted molar refractivity (Wildman–Crippen MR) is 130 cm³/mol. The second-order valence-electron chi connectivity index (χ2n) is 7.96. The Morgan fingerprint density at radius 1 is 1.09 bits per heavy atom. The molecule has 0 radical (unpaired) electrons. The highest BCUT2D eigenvalue weighted by Gasteiger charge is 2.20. The number of aromatic nitrogens is 4. The van der Waals surface area contributed by atoms with Crippen molar-refractivity contribution in [1.29, 1.82) is 0 Å². The summed E-state index contributed by atoms with van der Waals surface area (Å²) in [7, 11) is 0. The van der Waals surface area contributed by atoms with Gasteiger partial charge in [0.05, 0.1) is 5.69 Å². The summed E-state index contributed by atoms with van der Waals surface area (Å²) in [5.41, 5.74) is 3.01. The van der Waals surface area contributed by atoms with Crippen LogP contribution >= 0.6 is 0 Å². The molecule has 176 valence electrons. The van der Waals surface area contributed by atoms with E-state index in [1.807, 2.05) is 35.2 Å². The van der Waals surface area contributed by atoms with E-state index in [0.717, 1.165) is 27.5 Å². The van der Waals surface area contributed by atoms with Crippen LogP contribution in [0.4, 0.5) is 5.95 Å². The smallest absolute Gasteiger partial charge is 0.303 e. The Kier molecular flexibility index (Phi) is 6.58. The Balaban J connectivity index is 0.000000499. The first-order chi connectivity index (χ1) is 16.4. The molecule has 0 aliphatic carbocycles. The summed E-state index contributed by atoms with van der Waals surface area (Å²) in [5, 5.41) is 9.58. The molecule has 0 saturated carbocycles. The molecule has 5 rings (SSSR count). The number of carbonyl (C=O) groups excluding carboxylic acids is 1. The molecule has 0 unspecified atom stereocenters. The number of nitrogens with zero attached hydrogens (tertiary/aromatic N) is 4. The zero-order valence-corrected chi connectivity index (χ0v) is 19.0. The molecule has 10 nitrogen and oxygen atoms in total. The first kappa shape index (κ1) is 23.0. The van der Waals surface area contributed by atoms with Crippen molar-refractivity contribution in [2.75, 3.05) is 31.1 Å². The molecule has 3 N–H and O–H groups in total. The van der Waals surface area contributed by atoms with Gasteiger partial charge in [-0.05, 0) is 24.3 Å². The number of aromatic amines is 2. The summed E-state index contributed by atoms with van der Waals surface area (Å²) in [5.74, 6) is 0.0219. The van der Waals surface area contributed by atoms with Crippen LogP contribution in [0.3, 0.4) is 0 Å². The molecule has 0 atom stereocenters. The van der Waals surface area contributed by atoms with Crippen molar-refractivity contribution in [3.05, 3.63) is 53.1 Å². The number of hydrogen-bond acceptors (Lipinski definition) is 6. The zero-order chi connectivity index (χ0) is 24.2. The van der Waals surface area contributed by atoms with Gasteiger partial charge in [-0.15, -0.1) is 0 Å². The quantitative estimate of drug-likeness (QED) is 0.426. The van der Waals surface area contributed by atoms with Crippen LogP contribution in [0.1, 0.15) is 20.3 Å². The van der Waals surface area contributed by atoms with Gasteiger partial charge < -0.3 is 24.9 Å². The molecule has 1 amide bonds. The number of pyridine rings is 1. The molecule has 4 aromatic rings. The number of rotatable bonds is 3. The Bertz CT molecular complexity index is 1400. The number of carbonyl (C=O) groups is 2. The van der Waals surface area contributed by atoms with Crippen molar-refractivity contribution in [3.8, 4) is 11.3 Å². The standard InChI is InChI=1S/C21H20N6O2.C3H6O2/c1-13(28)26-8-10-27(11-9-26)21-23-7-5-17(25-21)14-2-3-18-16(12-14)15-4-6-22-19(15)20(29)24-18;1-2-3(4)5/h2-7,12,22H,8-11H2,1H3,(H,24,29);2H2,1H3,(H,4,5). The SMILES string of the molecule is CC(=O)N1CCN(c2nccc(-c3ccc4[nH]c(=O)c5[nH]ccc5c4c3)n2)CC1.CCC(=O)O. The van der Waals surface area contributed by atoms with E-state index in [-0.39, 0.29) is 17.9 Å². The van der Waals surface area contributed by atoms with Gasteiger partial charge in [-0.2, -0.15) is 0 Å². The van der Waals surface area contributed by atoms with Crippen LogP contribution in [0, 0.1) is 0 Å². The van der Waals surface area contributed by atoms with E-state index in [2.05, 4.69) is 19.9 Å². The lowest BCUT2D eigenvalue weighted by Crippen LogP contribution is -2.48. The van der Waals surface area contributed by atoms with Crippen LogP contribution in [-0.2, 0) is 9.59 Å². The van der Waals surface area contributed by atoms with Crippen LogP contribution in [-0.4, -0.2) is 68.0 Å². The fraction of sp³-hybridized carbons (Fsp3) is 0.292. The van der Waals surface area contributed by atoms with Gasteiger partial charge in [-0.3, -0.25) is 14.4 Å². The maximum absolute atomic E-state index is 12.2. The average Bonchev–Trinajstić information content (AvgIpc) is 3.36. The van der Waals surface area contributed by atoms with Crippen LogP contribution in [0.25, 0.3) is 33.1 Å². The second kappa shape index (κ2) is 9.74. The van der Waals surface area contributed by atoms with Gasteiger partial charge in [0, 0.05) is 73.8 Å². The number of aliphatic carboxylic acids is 1. The van der Waals surface area contributed by atoms with Gasteiger partial charge >= 0.3 is 5.97 Å². The summed E-state index contributed by atoms with van der Waals surface area (Å²) in [6, 6.07) is 9.71. The van der Waals surface area contributed by atoms with Crippen LogP contribution < -0.4 is 10.5 Å². The van der Waals surface area contributed by atoms with Crippen molar-refractivity contribution in [3.63, 3.8) is 0 Å². The molecule has 1 fully saturated rings. The third-order valence-electron chi connectivity index (χ3n) is 5.78. The van der Waals surface area contributed by atoms with E-state index in [1.165, 1.54) is 0 Å². The molecular formula is C24H26N6O4. The van der Waals surface area contributed by atoms with E-state index in [4.69, 9.17) is 10.1 Å². The Hall–Kier alpha value is -4.21. The lowest BCUT2D eigenvalue weighted by atomic mass is 10.1. The lowest BCUT2D eigenvalue weighted by Gasteiger charge is -2.34. The second-order valence-corrected chi connectivity index (χ2v) is 7.96. The van der Waals surface area contributed by atoms with Gasteiger partial charge in [0.15, 0.2) is 0 Å². The number of carboxylic acids is 1. The molecule has 4 heterocycles. The molecule has 1 saturated heterocycles. The Labute approximate surface area is 195 Å². The normalized spacial score (nSPS) is 13.6. The number of fused-ring (bicyclic) bond motifs is 3. The number of piperazine rings is 1. The van der Waals surface area contributed by atoms with Gasteiger partial charge in [0.25, 0.3) is 5.56 Å². The maximum atomic E-state index is 12.2. The molecule has 34 heavy (non-hydrogen) atoms. The zero-order valence-electron chi connectivity index (χ0n) is 19.0. The highest BCUT2D eigenvalue weighted by molar-refractivity contribution is 6.05. The average molecular weight is 463 g/mol. The van der Waals surface area contributed by atoms with E-state index in [1.54, 1.807) is 26.2 Å². The van der Waals surface area contributed by atoms with Crippen molar-refractivity contribution in [2.24, 2.45) is 0 Å². The van der Waals surface area contributed by atoms with Crippen LogP contribution in [0.15, 0.2) is 47.5 Å². The minimum Gasteiger partial charge on any atom is -0.481 e. The number of anilines is 1. The molecule has 1 aliphatic heterocycles. The van der Waals surface area contributed by atoms with E-state index >= 15 is 0 Å². The molecular weight excluding hydrogens is 436 g/mol. The monoisotopic (exact) mass is 462 g/mol. The van der Waals surface area contributed by atoms with Gasteiger partial charge in [-0.1, -0.05) is 13.0 Å². The van der Waals surface area contributed by atoms with Gasteiger partial charge in [0.2, 0.25) is 11.9 Å².